The predicted octanol–water partition coefficient (Wildman–Crippen LogP) is 3.38. The van der Waals surface area contributed by atoms with Crippen LogP contribution in [0.2, 0.25) is 0 Å². The quantitative estimate of drug-likeness (QED) is 0.461. The number of hydrogen-bond donors (Lipinski definition) is 2. The van der Waals surface area contributed by atoms with Crippen molar-refractivity contribution in [1.29, 1.82) is 0 Å². The average Bonchev–Trinajstić information content (AvgIpc) is 3.65. The van der Waals surface area contributed by atoms with Crippen molar-refractivity contribution in [3.05, 3.63) is 59.7 Å². The maximum absolute atomic E-state index is 13.6. The number of rotatable bonds is 8. The molecule has 2 heterocycles. The number of fused-ring (bicyclic) bond motifs is 3. The Morgan fingerprint density at radius 2 is 1.69 bits per heavy atom. The van der Waals surface area contributed by atoms with E-state index >= 15 is 0 Å². The van der Waals surface area contributed by atoms with Gasteiger partial charge in [-0.25, -0.2) is 9.59 Å². The zero-order valence-corrected chi connectivity index (χ0v) is 24.6. The molecule has 0 saturated carbocycles. The van der Waals surface area contributed by atoms with Crippen LogP contribution in [0.25, 0.3) is 11.1 Å². The molecule has 0 aromatic heterocycles. The minimum atomic E-state index is -1.02. The molecule has 2 aromatic carbocycles. The molecule has 224 valence electrons. The first-order chi connectivity index (χ1) is 20.1. The summed E-state index contributed by atoms with van der Waals surface area (Å²) in [5, 5.41) is 5.50. The van der Waals surface area contributed by atoms with Gasteiger partial charge in [-0.2, -0.15) is 0 Å². The second-order valence-electron chi connectivity index (χ2n) is 12.2. The van der Waals surface area contributed by atoms with Crippen molar-refractivity contribution in [3.63, 3.8) is 0 Å². The van der Waals surface area contributed by atoms with Crippen LogP contribution in [-0.4, -0.2) is 79.4 Å². The minimum Gasteiger partial charge on any atom is -0.467 e. The fraction of sp³-hybridized carbons (Fsp3) is 0.500. The highest BCUT2D eigenvalue weighted by Crippen LogP contribution is 2.44. The number of hydrogen-bond acceptors (Lipinski definition) is 7. The molecule has 4 atom stereocenters. The van der Waals surface area contributed by atoms with Gasteiger partial charge in [0.15, 0.2) is 0 Å². The average molecular weight is 578 g/mol. The van der Waals surface area contributed by atoms with Gasteiger partial charge in [-0.15, -0.1) is 0 Å². The van der Waals surface area contributed by atoms with Crippen LogP contribution in [0.5, 0.6) is 0 Å². The number of esters is 1. The lowest BCUT2D eigenvalue weighted by Crippen LogP contribution is -2.52. The van der Waals surface area contributed by atoms with E-state index < -0.39 is 47.7 Å². The van der Waals surface area contributed by atoms with Crippen molar-refractivity contribution in [3.8, 4) is 11.1 Å². The number of likely N-dealkylation sites (tertiary alicyclic amines) is 1. The normalized spacial score (nSPS) is 22.2. The highest BCUT2D eigenvalue weighted by Gasteiger charge is 2.44. The van der Waals surface area contributed by atoms with Crippen molar-refractivity contribution in [2.75, 3.05) is 26.8 Å². The number of ether oxygens (including phenoxy) is 3. The number of amides is 3. The molecule has 2 aliphatic heterocycles. The molecule has 2 aromatic rings. The summed E-state index contributed by atoms with van der Waals surface area (Å²) in [7, 11) is 1.24. The minimum absolute atomic E-state index is 0.115. The molecule has 42 heavy (non-hydrogen) atoms. The Morgan fingerprint density at radius 3 is 2.26 bits per heavy atom. The Balaban J connectivity index is 1.31. The first kappa shape index (κ1) is 29.6. The number of carbonyl (C=O) groups excluding carboxylic acids is 4. The second-order valence-corrected chi connectivity index (χ2v) is 12.2. The summed E-state index contributed by atoms with van der Waals surface area (Å²) in [5.41, 5.74) is 3.93. The third-order valence-corrected chi connectivity index (χ3v) is 8.14. The SMILES string of the molecule is COC(=O)C(C[C@@H]1CCNC1=O)NC(=O)[C@@H]1C[C@@H](OC(C)(C)C)CN1C(=O)OCC1c2ccccc2-c2ccccc21. The Hall–Kier alpha value is -3.92. The molecule has 2 fully saturated rings. The fourth-order valence-corrected chi connectivity index (χ4v) is 6.29. The Labute approximate surface area is 246 Å². The van der Waals surface area contributed by atoms with E-state index in [1.807, 2.05) is 57.2 Å². The number of benzene rings is 2. The smallest absolute Gasteiger partial charge is 0.410 e. The van der Waals surface area contributed by atoms with E-state index in [-0.39, 0.29) is 37.8 Å². The molecule has 3 aliphatic rings. The van der Waals surface area contributed by atoms with Crippen LogP contribution in [0, 0.1) is 5.92 Å². The molecule has 3 amide bonds. The summed E-state index contributed by atoms with van der Waals surface area (Å²) in [4.78, 5) is 53.3. The lowest BCUT2D eigenvalue weighted by molar-refractivity contribution is -0.146. The largest absolute Gasteiger partial charge is 0.467 e. The Morgan fingerprint density at radius 1 is 1.05 bits per heavy atom. The maximum atomic E-state index is 13.6. The van der Waals surface area contributed by atoms with E-state index in [0.717, 1.165) is 22.3 Å². The van der Waals surface area contributed by atoms with Gasteiger partial charge < -0.3 is 24.8 Å². The summed E-state index contributed by atoms with van der Waals surface area (Å²) >= 11 is 0. The van der Waals surface area contributed by atoms with Gasteiger partial charge in [0.2, 0.25) is 11.8 Å². The molecule has 5 rings (SSSR count). The van der Waals surface area contributed by atoms with Gasteiger partial charge in [-0.1, -0.05) is 48.5 Å². The highest BCUT2D eigenvalue weighted by atomic mass is 16.6. The second kappa shape index (κ2) is 12.1. The first-order valence-corrected chi connectivity index (χ1v) is 14.5. The Kier molecular flexibility index (Phi) is 8.54. The van der Waals surface area contributed by atoms with Crippen LogP contribution in [0.1, 0.15) is 57.1 Å². The Bertz CT molecular complexity index is 1310. The number of carbonyl (C=O) groups is 4. The monoisotopic (exact) mass is 577 g/mol. The van der Waals surface area contributed by atoms with Gasteiger partial charge in [0.05, 0.1) is 25.4 Å². The van der Waals surface area contributed by atoms with E-state index in [4.69, 9.17) is 14.2 Å². The first-order valence-electron chi connectivity index (χ1n) is 14.5. The molecule has 2 saturated heterocycles. The molecule has 2 N–H and O–H groups in total. The number of methoxy groups -OCH3 is 1. The van der Waals surface area contributed by atoms with Crippen LogP contribution < -0.4 is 10.6 Å². The van der Waals surface area contributed by atoms with Crippen LogP contribution in [0.3, 0.4) is 0 Å². The van der Waals surface area contributed by atoms with E-state index in [0.29, 0.717) is 13.0 Å². The molecular weight excluding hydrogens is 538 g/mol. The van der Waals surface area contributed by atoms with E-state index in [9.17, 15) is 19.2 Å². The van der Waals surface area contributed by atoms with Crippen molar-refractivity contribution >= 4 is 23.9 Å². The molecular formula is C32H39N3O7. The van der Waals surface area contributed by atoms with Crippen molar-refractivity contribution in [2.24, 2.45) is 5.92 Å². The van der Waals surface area contributed by atoms with Gasteiger partial charge in [0, 0.05) is 24.8 Å². The summed E-state index contributed by atoms with van der Waals surface area (Å²) in [6, 6.07) is 14.2. The van der Waals surface area contributed by atoms with Crippen LogP contribution in [0.15, 0.2) is 48.5 Å². The van der Waals surface area contributed by atoms with E-state index in [1.54, 1.807) is 0 Å². The molecule has 0 radical (unpaired) electrons. The number of nitrogens with zero attached hydrogens (tertiary/aromatic N) is 1. The summed E-state index contributed by atoms with van der Waals surface area (Å²) in [5.74, 6) is -1.85. The zero-order valence-electron chi connectivity index (χ0n) is 24.6. The predicted molar refractivity (Wildman–Crippen MR) is 154 cm³/mol. The summed E-state index contributed by atoms with van der Waals surface area (Å²) < 4.78 is 17.0. The van der Waals surface area contributed by atoms with E-state index in [2.05, 4.69) is 22.8 Å². The van der Waals surface area contributed by atoms with Crippen molar-refractivity contribution in [2.45, 2.75) is 69.7 Å². The maximum Gasteiger partial charge on any atom is 0.410 e. The van der Waals surface area contributed by atoms with Gasteiger partial charge in [-0.05, 0) is 55.9 Å². The standard InChI is InChI=1S/C32H39N3O7/c1-32(2,3)42-20-16-27(29(37)34-26(30(38)40-4)15-19-13-14-33-28(19)36)35(17-20)31(39)41-18-25-23-11-7-5-9-21(23)22-10-6-8-12-24(22)25/h5-12,19-20,25-27H,13-18H2,1-4H3,(H,33,36)(H,34,37)/t19-,20+,26?,27-/m0/s1. The van der Waals surface area contributed by atoms with Crippen LogP contribution in [0.4, 0.5) is 4.79 Å². The number of nitrogens with one attached hydrogen (secondary N) is 2. The fourth-order valence-electron chi connectivity index (χ4n) is 6.29. The highest BCUT2D eigenvalue weighted by molar-refractivity contribution is 5.91. The van der Waals surface area contributed by atoms with Crippen LogP contribution >= 0.6 is 0 Å². The summed E-state index contributed by atoms with van der Waals surface area (Å²) in [6.07, 6.45) is -0.103. The molecule has 10 heteroatoms. The van der Waals surface area contributed by atoms with Crippen molar-refractivity contribution in [1.82, 2.24) is 15.5 Å². The lowest BCUT2D eigenvalue weighted by atomic mass is 9.98. The summed E-state index contributed by atoms with van der Waals surface area (Å²) in [6.45, 7) is 6.55. The lowest BCUT2D eigenvalue weighted by Gasteiger charge is -2.26. The third kappa shape index (κ3) is 6.28. The van der Waals surface area contributed by atoms with Gasteiger partial charge >= 0.3 is 12.1 Å². The molecule has 1 unspecified atom stereocenters. The molecule has 0 bridgehead atoms. The molecule has 1 aliphatic carbocycles. The van der Waals surface area contributed by atoms with Gasteiger partial charge in [-0.3, -0.25) is 14.5 Å². The van der Waals surface area contributed by atoms with Gasteiger partial charge in [0.1, 0.15) is 18.7 Å². The topological polar surface area (TPSA) is 123 Å². The molecule has 0 spiro atoms. The van der Waals surface area contributed by atoms with E-state index in [1.165, 1.54) is 12.0 Å². The molecule has 10 nitrogen and oxygen atoms in total. The van der Waals surface area contributed by atoms with Gasteiger partial charge in [0.25, 0.3) is 0 Å². The van der Waals surface area contributed by atoms with Crippen LogP contribution in [-0.2, 0) is 28.6 Å². The zero-order chi connectivity index (χ0) is 30.0. The third-order valence-electron chi connectivity index (χ3n) is 8.14. The van der Waals surface area contributed by atoms with Crippen molar-refractivity contribution < 1.29 is 33.4 Å².